The average Bonchev–Trinajstić information content (AvgIpc) is 2.70. The van der Waals surface area contributed by atoms with E-state index in [0.29, 0.717) is 17.4 Å². The lowest BCUT2D eigenvalue weighted by atomic mass is 10.2. The highest BCUT2D eigenvalue weighted by atomic mass is 16.5. The molecule has 0 saturated carbocycles. The number of nitrogens with one attached hydrogen (secondary N) is 1. The van der Waals surface area contributed by atoms with Crippen LogP contribution in [0.1, 0.15) is 25.4 Å². The first-order valence-corrected chi connectivity index (χ1v) is 4.91. The summed E-state index contributed by atoms with van der Waals surface area (Å²) in [6, 6.07) is 0. The van der Waals surface area contributed by atoms with Gasteiger partial charge in [0, 0.05) is 6.42 Å². The SMILES string of the molecule is CCc1nc(NN)c2c(CC)noc2n1. The molecular formula is C9H13N5O. The van der Waals surface area contributed by atoms with Gasteiger partial charge in [0.2, 0.25) is 0 Å². The lowest BCUT2D eigenvalue weighted by Gasteiger charge is -2.02. The minimum atomic E-state index is 0.492. The summed E-state index contributed by atoms with van der Waals surface area (Å²) in [6.07, 6.45) is 1.49. The number of hydrogen-bond donors (Lipinski definition) is 2. The van der Waals surface area contributed by atoms with Crippen LogP contribution in [0.4, 0.5) is 5.82 Å². The Labute approximate surface area is 86.8 Å². The number of aromatic nitrogens is 3. The van der Waals surface area contributed by atoms with E-state index in [1.54, 1.807) is 0 Å². The van der Waals surface area contributed by atoms with Gasteiger partial charge in [0.05, 0.1) is 5.69 Å². The van der Waals surface area contributed by atoms with E-state index in [9.17, 15) is 0 Å². The molecule has 2 rings (SSSR count). The van der Waals surface area contributed by atoms with Crippen LogP contribution in [0.5, 0.6) is 0 Å². The van der Waals surface area contributed by atoms with Crippen LogP contribution in [0.3, 0.4) is 0 Å². The molecule has 80 valence electrons. The molecule has 2 aromatic rings. The molecule has 6 nitrogen and oxygen atoms in total. The van der Waals surface area contributed by atoms with Crippen molar-refractivity contribution < 1.29 is 4.52 Å². The van der Waals surface area contributed by atoms with Gasteiger partial charge in [-0.3, -0.25) is 0 Å². The van der Waals surface area contributed by atoms with Gasteiger partial charge in [0.15, 0.2) is 5.82 Å². The zero-order chi connectivity index (χ0) is 10.8. The van der Waals surface area contributed by atoms with Crippen molar-refractivity contribution in [2.24, 2.45) is 5.84 Å². The van der Waals surface area contributed by atoms with Gasteiger partial charge in [-0.15, -0.1) is 0 Å². The number of aryl methyl sites for hydroxylation is 2. The fourth-order valence-electron chi connectivity index (χ4n) is 1.46. The molecule has 0 aliphatic rings. The number of rotatable bonds is 3. The fraction of sp³-hybridized carbons (Fsp3) is 0.444. The van der Waals surface area contributed by atoms with Crippen molar-refractivity contribution in [1.29, 1.82) is 0 Å². The van der Waals surface area contributed by atoms with Crippen molar-refractivity contribution in [2.75, 3.05) is 5.43 Å². The molecule has 0 aromatic carbocycles. The number of nitrogens with two attached hydrogens (primary N) is 1. The predicted octanol–water partition coefficient (Wildman–Crippen LogP) is 1.03. The van der Waals surface area contributed by atoms with Crippen LogP contribution in [0.2, 0.25) is 0 Å². The Hall–Kier alpha value is -1.69. The van der Waals surface area contributed by atoms with E-state index in [0.717, 1.165) is 23.9 Å². The molecule has 0 saturated heterocycles. The number of fused-ring (bicyclic) bond motifs is 1. The summed E-state index contributed by atoms with van der Waals surface area (Å²) in [7, 11) is 0. The van der Waals surface area contributed by atoms with Crippen molar-refractivity contribution in [1.82, 2.24) is 15.1 Å². The molecule has 6 heteroatoms. The number of hydrogen-bond acceptors (Lipinski definition) is 6. The maximum atomic E-state index is 5.41. The second kappa shape index (κ2) is 3.82. The van der Waals surface area contributed by atoms with Crippen LogP contribution in [0.15, 0.2) is 4.52 Å². The van der Waals surface area contributed by atoms with Gasteiger partial charge in [0.25, 0.3) is 5.71 Å². The number of anilines is 1. The van der Waals surface area contributed by atoms with Crippen molar-refractivity contribution >= 4 is 16.9 Å². The lowest BCUT2D eigenvalue weighted by molar-refractivity contribution is 0.439. The summed E-state index contributed by atoms with van der Waals surface area (Å²) < 4.78 is 5.13. The third kappa shape index (κ3) is 1.52. The number of hydrazine groups is 1. The third-order valence-electron chi connectivity index (χ3n) is 2.24. The van der Waals surface area contributed by atoms with Gasteiger partial charge in [-0.2, -0.15) is 4.98 Å². The summed E-state index contributed by atoms with van der Waals surface area (Å²) >= 11 is 0. The number of nitrogens with zero attached hydrogens (tertiary/aromatic N) is 3. The maximum Gasteiger partial charge on any atom is 0.263 e. The highest BCUT2D eigenvalue weighted by Gasteiger charge is 2.14. The maximum absolute atomic E-state index is 5.41. The van der Waals surface area contributed by atoms with E-state index >= 15 is 0 Å². The molecule has 0 aliphatic heterocycles. The monoisotopic (exact) mass is 207 g/mol. The van der Waals surface area contributed by atoms with Crippen molar-refractivity contribution in [3.63, 3.8) is 0 Å². The molecular weight excluding hydrogens is 194 g/mol. The lowest BCUT2D eigenvalue weighted by Crippen LogP contribution is -2.11. The zero-order valence-electron chi connectivity index (χ0n) is 8.74. The van der Waals surface area contributed by atoms with Crippen LogP contribution >= 0.6 is 0 Å². The van der Waals surface area contributed by atoms with Crippen LogP contribution in [-0.4, -0.2) is 15.1 Å². The minimum absolute atomic E-state index is 0.492. The van der Waals surface area contributed by atoms with E-state index in [4.69, 9.17) is 10.4 Å². The first kappa shape index (κ1) is 9.85. The average molecular weight is 207 g/mol. The molecule has 0 radical (unpaired) electrons. The highest BCUT2D eigenvalue weighted by Crippen LogP contribution is 2.23. The summed E-state index contributed by atoms with van der Waals surface area (Å²) in [5, 5.41) is 4.70. The summed E-state index contributed by atoms with van der Waals surface area (Å²) in [5.41, 5.74) is 3.87. The number of nitrogen functional groups attached to an aromatic ring is 1. The van der Waals surface area contributed by atoms with Crippen LogP contribution in [0, 0.1) is 0 Å². The van der Waals surface area contributed by atoms with Crippen molar-refractivity contribution in [3.8, 4) is 0 Å². The Morgan fingerprint density at radius 1 is 1.27 bits per heavy atom. The van der Waals surface area contributed by atoms with Gasteiger partial charge in [-0.1, -0.05) is 19.0 Å². The Morgan fingerprint density at radius 3 is 2.67 bits per heavy atom. The second-order valence-corrected chi connectivity index (χ2v) is 3.15. The topological polar surface area (TPSA) is 89.9 Å². The van der Waals surface area contributed by atoms with Crippen molar-refractivity contribution in [3.05, 3.63) is 11.5 Å². The van der Waals surface area contributed by atoms with Crippen LogP contribution < -0.4 is 11.3 Å². The quantitative estimate of drug-likeness (QED) is 0.577. The van der Waals surface area contributed by atoms with Gasteiger partial charge >= 0.3 is 0 Å². The Balaban J connectivity index is 2.72. The van der Waals surface area contributed by atoms with E-state index in [1.807, 2.05) is 13.8 Å². The van der Waals surface area contributed by atoms with Crippen molar-refractivity contribution in [2.45, 2.75) is 26.7 Å². The standard InChI is InChI=1S/C9H13N5O/c1-3-5-7-8(13-10)11-6(4-2)12-9(7)15-14-5/h3-4,10H2,1-2H3,(H,11,12,13). The molecule has 0 aliphatic carbocycles. The Bertz CT molecular complexity index is 479. The molecule has 2 heterocycles. The van der Waals surface area contributed by atoms with Crippen LogP contribution in [-0.2, 0) is 12.8 Å². The summed E-state index contributed by atoms with van der Waals surface area (Å²) in [4.78, 5) is 8.51. The molecule has 0 spiro atoms. The van der Waals surface area contributed by atoms with Gasteiger partial charge in [0.1, 0.15) is 11.2 Å². The summed E-state index contributed by atoms with van der Waals surface area (Å²) in [6.45, 7) is 3.96. The van der Waals surface area contributed by atoms with E-state index in [1.165, 1.54) is 0 Å². The predicted molar refractivity (Wildman–Crippen MR) is 56.2 cm³/mol. The Kier molecular flexibility index (Phi) is 2.51. The smallest absolute Gasteiger partial charge is 0.263 e. The van der Waals surface area contributed by atoms with Crippen LogP contribution in [0.25, 0.3) is 11.1 Å². The normalized spacial score (nSPS) is 10.9. The zero-order valence-corrected chi connectivity index (χ0v) is 8.74. The molecule has 0 amide bonds. The van der Waals surface area contributed by atoms with E-state index in [-0.39, 0.29) is 0 Å². The molecule has 2 aromatic heterocycles. The molecule has 0 bridgehead atoms. The molecule has 15 heavy (non-hydrogen) atoms. The van der Waals surface area contributed by atoms with E-state index in [2.05, 4.69) is 20.6 Å². The van der Waals surface area contributed by atoms with Gasteiger partial charge in [-0.05, 0) is 6.42 Å². The molecule has 0 fully saturated rings. The highest BCUT2D eigenvalue weighted by molar-refractivity contribution is 5.87. The molecule has 0 atom stereocenters. The largest absolute Gasteiger partial charge is 0.335 e. The molecule has 0 unspecified atom stereocenters. The van der Waals surface area contributed by atoms with E-state index < -0.39 is 0 Å². The minimum Gasteiger partial charge on any atom is -0.335 e. The third-order valence-corrected chi connectivity index (χ3v) is 2.24. The first-order valence-electron chi connectivity index (χ1n) is 4.91. The molecule has 3 N–H and O–H groups in total. The summed E-state index contributed by atoms with van der Waals surface area (Å²) in [5.74, 6) is 6.68. The first-order chi connectivity index (χ1) is 7.30. The second-order valence-electron chi connectivity index (χ2n) is 3.15. The Morgan fingerprint density at radius 2 is 2.07 bits per heavy atom. The van der Waals surface area contributed by atoms with Gasteiger partial charge in [-0.25, -0.2) is 10.8 Å². The van der Waals surface area contributed by atoms with Gasteiger partial charge < -0.3 is 9.95 Å². The fourth-order valence-corrected chi connectivity index (χ4v) is 1.46.